The molecule has 1 saturated heterocycles. The van der Waals surface area contributed by atoms with Gasteiger partial charge in [-0.05, 0) is 50.2 Å². The van der Waals surface area contributed by atoms with Gasteiger partial charge >= 0.3 is 0 Å². The predicted molar refractivity (Wildman–Crippen MR) is 108 cm³/mol. The number of amides is 2. The van der Waals surface area contributed by atoms with E-state index in [0.717, 1.165) is 37.1 Å². The number of carbonyl (C=O) groups is 2. The number of hydrogen-bond acceptors (Lipinski definition) is 3. The van der Waals surface area contributed by atoms with Crippen molar-refractivity contribution in [2.45, 2.75) is 64.5 Å². The van der Waals surface area contributed by atoms with E-state index in [1.807, 2.05) is 36.1 Å². The first kappa shape index (κ1) is 19.9. The molecule has 2 fully saturated rings. The Kier molecular flexibility index (Phi) is 6.89. The Bertz CT molecular complexity index is 653. The number of aryl methyl sites for hydroxylation is 1. The second-order valence-corrected chi connectivity index (χ2v) is 8.19. The number of benzene rings is 1. The van der Waals surface area contributed by atoms with Gasteiger partial charge in [0.15, 0.2) is 0 Å². The first-order valence-electron chi connectivity index (χ1n) is 10.4. The Balaban J connectivity index is 1.41. The van der Waals surface area contributed by atoms with Crippen LogP contribution < -0.4 is 10.6 Å². The average molecular weight is 372 g/mol. The van der Waals surface area contributed by atoms with Crippen LogP contribution in [0.3, 0.4) is 0 Å². The van der Waals surface area contributed by atoms with Crippen molar-refractivity contribution >= 4 is 11.8 Å². The summed E-state index contributed by atoms with van der Waals surface area (Å²) in [5.41, 5.74) is 1.73. The van der Waals surface area contributed by atoms with Crippen molar-refractivity contribution in [2.75, 3.05) is 19.6 Å². The van der Waals surface area contributed by atoms with Gasteiger partial charge in [0.1, 0.15) is 0 Å². The minimum atomic E-state index is -0.00849. The first-order chi connectivity index (χ1) is 13.0. The summed E-state index contributed by atoms with van der Waals surface area (Å²) in [4.78, 5) is 26.9. The second kappa shape index (κ2) is 9.36. The number of piperidine rings is 1. The van der Waals surface area contributed by atoms with Crippen LogP contribution in [0.25, 0.3) is 0 Å². The van der Waals surface area contributed by atoms with Gasteiger partial charge in [-0.3, -0.25) is 9.59 Å². The van der Waals surface area contributed by atoms with Gasteiger partial charge in [-0.25, -0.2) is 0 Å². The van der Waals surface area contributed by atoms with Crippen molar-refractivity contribution in [3.8, 4) is 0 Å². The molecule has 148 valence electrons. The normalized spacial score (nSPS) is 23.9. The van der Waals surface area contributed by atoms with Gasteiger partial charge in [-0.2, -0.15) is 0 Å². The Morgan fingerprint density at radius 3 is 2.48 bits per heavy atom. The maximum Gasteiger partial charge on any atom is 0.251 e. The van der Waals surface area contributed by atoms with Crippen LogP contribution in [0.15, 0.2) is 24.3 Å². The average Bonchev–Trinajstić information content (AvgIpc) is 2.68. The Hall–Kier alpha value is -1.88. The van der Waals surface area contributed by atoms with E-state index in [2.05, 4.69) is 17.6 Å². The van der Waals surface area contributed by atoms with E-state index in [1.54, 1.807) is 0 Å². The van der Waals surface area contributed by atoms with E-state index < -0.39 is 0 Å². The summed E-state index contributed by atoms with van der Waals surface area (Å²) < 4.78 is 0. The zero-order valence-corrected chi connectivity index (χ0v) is 16.7. The number of hydrogen-bond donors (Lipinski definition) is 2. The maximum absolute atomic E-state index is 12.5. The predicted octanol–water partition coefficient (Wildman–Crippen LogP) is 2.88. The highest BCUT2D eigenvalue weighted by Crippen LogP contribution is 2.23. The van der Waals surface area contributed by atoms with Gasteiger partial charge in [0.2, 0.25) is 5.91 Å². The van der Waals surface area contributed by atoms with Crippen LogP contribution in [0, 0.1) is 12.8 Å². The monoisotopic (exact) mass is 371 g/mol. The minimum Gasteiger partial charge on any atom is -0.349 e. The minimum absolute atomic E-state index is 0.00849. The van der Waals surface area contributed by atoms with Crippen molar-refractivity contribution in [2.24, 2.45) is 5.92 Å². The Morgan fingerprint density at radius 1 is 1.07 bits per heavy atom. The third-order valence-electron chi connectivity index (χ3n) is 6.20. The SMILES string of the molecule is Cc1ccccc1C(=O)NC1CCN(C(=O)CNC2CCCCC2C)CC1. The Labute approximate surface area is 162 Å². The molecule has 1 aliphatic heterocycles. The van der Waals surface area contributed by atoms with Crippen molar-refractivity contribution in [1.29, 1.82) is 0 Å². The molecule has 1 aromatic rings. The van der Waals surface area contributed by atoms with Gasteiger partial charge < -0.3 is 15.5 Å². The Morgan fingerprint density at radius 2 is 1.78 bits per heavy atom. The van der Waals surface area contributed by atoms with E-state index in [1.165, 1.54) is 25.7 Å². The summed E-state index contributed by atoms with van der Waals surface area (Å²) in [5.74, 6) is 0.844. The number of carbonyl (C=O) groups excluding carboxylic acids is 2. The molecular weight excluding hydrogens is 338 g/mol. The van der Waals surface area contributed by atoms with E-state index in [-0.39, 0.29) is 17.9 Å². The van der Waals surface area contributed by atoms with E-state index in [4.69, 9.17) is 0 Å². The molecule has 1 heterocycles. The lowest BCUT2D eigenvalue weighted by molar-refractivity contribution is -0.131. The highest BCUT2D eigenvalue weighted by Gasteiger charge is 2.26. The van der Waals surface area contributed by atoms with Gasteiger partial charge in [0.25, 0.3) is 5.91 Å². The fourth-order valence-electron chi connectivity index (χ4n) is 4.31. The summed E-state index contributed by atoms with van der Waals surface area (Å²) in [5, 5.41) is 6.61. The van der Waals surface area contributed by atoms with Crippen LogP contribution >= 0.6 is 0 Å². The molecule has 3 rings (SSSR count). The van der Waals surface area contributed by atoms with Crippen molar-refractivity contribution in [1.82, 2.24) is 15.5 Å². The lowest BCUT2D eigenvalue weighted by atomic mass is 9.86. The second-order valence-electron chi connectivity index (χ2n) is 8.19. The molecule has 1 aliphatic carbocycles. The number of rotatable bonds is 5. The van der Waals surface area contributed by atoms with Crippen molar-refractivity contribution in [3.63, 3.8) is 0 Å². The van der Waals surface area contributed by atoms with Crippen molar-refractivity contribution < 1.29 is 9.59 Å². The summed E-state index contributed by atoms with van der Waals surface area (Å²) in [7, 11) is 0. The molecule has 2 N–H and O–H groups in total. The zero-order valence-electron chi connectivity index (χ0n) is 16.7. The number of nitrogens with one attached hydrogen (secondary N) is 2. The smallest absolute Gasteiger partial charge is 0.251 e. The third kappa shape index (κ3) is 5.32. The summed E-state index contributed by atoms with van der Waals surface area (Å²) in [6.45, 7) is 6.12. The summed E-state index contributed by atoms with van der Waals surface area (Å²) >= 11 is 0. The fourth-order valence-corrected chi connectivity index (χ4v) is 4.31. The molecule has 2 amide bonds. The van der Waals surface area contributed by atoms with Crippen LogP contribution in [0.5, 0.6) is 0 Å². The van der Waals surface area contributed by atoms with Gasteiger partial charge in [0.05, 0.1) is 6.54 Å². The van der Waals surface area contributed by atoms with Crippen LogP contribution in [0.2, 0.25) is 0 Å². The molecule has 0 spiro atoms. The van der Waals surface area contributed by atoms with Gasteiger partial charge in [-0.1, -0.05) is 38.0 Å². The van der Waals surface area contributed by atoms with Crippen LogP contribution in [-0.4, -0.2) is 48.4 Å². The quantitative estimate of drug-likeness (QED) is 0.837. The first-order valence-corrected chi connectivity index (χ1v) is 10.4. The molecule has 5 nitrogen and oxygen atoms in total. The number of nitrogens with zero attached hydrogens (tertiary/aromatic N) is 1. The highest BCUT2D eigenvalue weighted by molar-refractivity contribution is 5.95. The molecule has 2 atom stereocenters. The molecule has 0 aromatic heterocycles. The summed E-state index contributed by atoms with van der Waals surface area (Å²) in [6.07, 6.45) is 6.67. The molecule has 2 aliphatic rings. The standard InChI is InChI=1S/C22H33N3O2/c1-16-7-3-5-9-19(16)22(27)24-18-11-13-25(14-12-18)21(26)15-23-20-10-6-4-8-17(20)2/h3,5,7,9,17-18,20,23H,4,6,8,10-15H2,1-2H3,(H,24,27). The van der Waals surface area contributed by atoms with Crippen LogP contribution in [0.4, 0.5) is 0 Å². The van der Waals surface area contributed by atoms with Crippen LogP contribution in [0.1, 0.15) is 61.4 Å². The summed E-state index contributed by atoms with van der Waals surface area (Å²) in [6, 6.07) is 8.28. The molecule has 1 saturated carbocycles. The largest absolute Gasteiger partial charge is 0.349 e. The van der Waals surface area contributed by atoms with Gasteiger partial charge in [-0.15, -0.1) is 0 Å². The van der Waals surface area contributed by atoms with E-state index >= 15 is 0 Å². The van der Waals surface area contributed by atoms with Crippen molar-refractivity contribution in [3.05, 3.63) is 35.4 Å². The lowest BCUT2D eigenvalue weighted by Crippen LogP contribution is -2.50. The number of likely N-dealkylation sites (tertiary alicyclic amines) is 1. The molecule has 2 unspecified atom stereocenters. The molecular formula is C22H33N3O2. The molecule has 1 aromatic carbocycles. The molecule has 0 bridgehead atoms. The lowest BCUT2D eigenvalue weighted by Gasteiger charge is -2.34. The molecule has 27 heavy (non-hydrogen) atoms. The maximum atomic E-state index is 12.5. The highest BCUT2D eigenvalue weighted by atomic mass is 16.2. The third-order valence-corrected chi connectivity index (χ3v) is 6.20. The van der Waals surface area contributed by atoms with E-state index in [9.17, 15) is 9.59 Å². The fraction of sp³-hybridized carbons (Fsp3) is 0.636. The molecule has 5 heteroatoms. The van der Waals surface area contributed by atoms with Gasteiger partial charge in [0, 0.05) is 30.7 Å². The zero-order chi connectivity index (χ0) is 19.2. The molecule has 0 radical (unpaired) electrons. The topological polar surface area (TPSA) is 61.4 Å². The van der Waals surface area contributed by atoms with Crippen LogP contribution in [-0.2, 0) is 4.79 Å². The van der Waals surface area contributed by atoms with E-state index in [0.29, 0.717) is 18.5 Å².